The third-order valence-electron chi connectivity index (χ3n) is 7.12. The molecule has 0 bridgehead atoms. The van der Waals surface area contributed by atoms with Gasteiger partial charge in [0.15, 0.2) is 11.6 Å². The van der Waals surface area contributed by atoms with Crippen molar-refractivity contribution in [2.24, 2.45) is 11.3 Å². The van der Waals surface area contributed by atoms with Gasteiger partial charge < -0.3 is 15.5 Å². The molecule has 2 fully saturated rings. The lowest BCUT2D eigenvalue weighted by Crippen LogP contribution is -2.51. The van der Waals surface area contributed by atoms with Crippen LogP contribution in [0.25, 0.3) is 0 Å². The minimum Gasteiger partial charge on any atom is -0.346 e. The summed E-state index contributed by atoms with van der Waals surface area (Å²) in [4.78, 5) is 54.3. The summed E-state index contributed by atoms with van der Waals surface area (Å²) in [5.74, 6) is -0.176. The monoisotopic (exact) mass is 483 g/mol. The molecule has 1 aromatic carbocycles. The molecule has 2 N–H and O–H groups in total. The first kappa shape index (κ1) is 27.1. The quantitative estimate of drug-likeness (QED) is 0.504. The first-order valence-corrected chi connectivity index (χ1v) is 13.0. The lowest BCUT2D eigenvalue weighted by atomic mass is 9.83. The maximum atomic E-state index is 13.3. The number of amides is 2. The van der Waals surface area contributed by atoms with Gasteiger partial charge >= 0.3 is 0 Å². The number of carbonyl (C=O) groups excluding carboxylic acids is 4. The number of rotatable bonds is 11. The summed E-state index contributed by atoms with van der Waals surface area (Å²) in [6.07, 6.45) is 4.04. The summed E-state index contributed by atoms with van der Waals surface area (Å²) in [6, 6.07) is 8.24. The van der Waals surface area contributed by atoms with Crippen molar-refractivity contribution in [3.8, 4) is 0 Å². The van der Waals surface area contributed by atoms with Gasteiger partial charge in [-0.3, -0.25) is 19.2 Å². The van der Waals surface area contributed by atoms with Gasteiger partial charge in [0.05, 0.1) is 23.5 Å². The molecule has 2 saturated heterocycles. The fourth-order valence-electron chi connectivity index (χ4n) is 5.11. The average molecular weight is 484 g/mol. The minimum atomic E-state index is -0.984. The van der Waals surface area contributed by atoms with E-state index in [1.54, 1.807) is 18.7 Å². The first-order chi connectivity index (χ1) is 16.6. The van der Waals surface area contributed by atoms with E-state index in [2.05, 4.69) is 10.6 Å². The van der Waals surface area contributed by atoms with E-state index in [9.17, 15) is 19.2 Å². The molecule has 0 aromatic heterocycles. The molecule has 3 rings (SSSR count). The van der Waals surface area contributed by atoms with Crippen molar-refractivity contribution in [3.05, 3.63) is 35.9 Å². The zero-order valence-corrected chi connectivity index (χ0v) is 21.6. The van der Waals surface area contributed by atoms with Crippen LogP contribution >= 0.6 is 0 Å². The lowest BCUT2D eigenvalue weighted by molar-refractivity contribution is -0.141. The highest BCUT2D eigenvalue weighted by Gasteiger charge is 2.41. The van der Waals surface area contributed by atoms with Crippen LogP contribution in [0.15, 0.2) is 30.3 Å². The average Bonchev–Trinajstić information content (AvgIpc) is 3.50. The molecule has 1 aromatic rings. The Labute approximate surface area is 209 Å². The summed E-state index contributed by atoms with van der Waals surface area (Å²) in [7, 11) is 0. The maximum Gasteiger partial charge on any atom is 0.240 e. The zero-order chi connectivity index (χ0) is 25.6. The van der Waals surface area contributed by atoms with Crippen LogP contribution in [-0.4, -0.2) is 59.5 Å². The Morgan fingerprint density at radius 2 is 1.80 bits per heavy atom. The number of hydrogen-bond acceptors (Lipinski definition) is 5. The van der Waals surface area contributed by atoms with E-state index in [0.717, 1.165) is 31.4 Å². The van der Waals surface area contributed by atoms with Gasteiger partial charge in [0, 0.05) is 19.4 Å². The second-order valence-corrected chi connectivity index (χ2v) is 11.1. The summed E-state index contributed by atoms with van der Waals surface area (Å²) in [5, 5.41) is 6.18. The number of hydrogen-bond donors (Lipinski definition) is 2. The summed E-state index contributed by atoms with van der Waals surface area (Å²) in [6.45, 7) is 8.95. The molecule has 192 valence electrons. The molecule has 0 aliphatic carbocycles. The fraction of sp³-hybridized carbons (Fsp3) is 0.643. The van der Waals surface area contributed by atoms with Gasteiger partial charge in [0.2, 0.25) is 11.8 Å². The lowest BCUT2D eigenvalue weighted by Gasteiger charge is -2.31. The van der Waals surface area contributed by atoms with Crippen LogP contribution < -0.4 is 10.6 Å². The van der Waals surface area contributed by atoms with Crippen molar-refractivity contribution < 1.29 is 19.2 Å². The van der Waals surface area contributed by atoms with Crippen LogP contribution in [0.1, 0.15) is 71.8 Å². The van der Waals surface area contributed by atoms with E-state index in [0.29, 0.717) is 19.4 Å². The van der Waals surface area contributed by atoms with E-state index in [1.807, 2.05) is 44.2 Å². The molecule has 0 radical (unpaired) electrons. The van der Waals surface area contributed by atoms with E-state index in [-0.39, 0.29) is 48.2 Å². The van der Waals surface area contributed by atoms with Crippen molar-refractivity contribution in [2.45, 2.75) is 90.8 Å². The minimum absolute atomic E-state index is 0.00381. The van der Waals surface area contributed by atoms with E-state index in [4.69, 9.17) is 0 Å². The van der Waals surface area contributed by atoms with E-state index < -0.39 is 17.5 Å². The molecule has 7 heteroatoms. The molecule has 2 aliphatic rings. The molecular formula is C28H41N3O4. The molecule has 2 amide bonds. The van der Waals surface area contributed by atoms with Crippen LogP contribution in [0, 0.1) is 11.3 Å². The Hall–Kier alpha value is -2.54. The van der Waals surface area contributed by atoms with Gasteiger partial charge in [0.25, 0.3) is 0 Å². The highest BCUT2D eigenvalue weighted by molar-refractivity contribution is 5.97. The van der Waals surface area contributed by atoms with Gasteiger partial charge in [-0.05, 0) is 50.1 Å². The first-order valence-electron chi connectivity index (χ1n) is 13.0. The number of benzene rings is 1. The van der Waals surface area contributed by atoms with Crippen molar-refractivity contribution in [1.82, 2.24) is 15.5 Å². The number of ketones is 2. The van der Waals surface area contributed by atoms with Crippen molar-refractivity contribution >= 4 is 23.4 Å². The SMILES string of the molecule is CC(C)CC(NC(=O)C(C)(C)CC(=O)C1CCCN1C(=O)[C@H]1CCCN1)C(=O)Cc1ccccc1. The number of likely N-dealkylation sites (tertiary alicyclic amines) is 1. The van der Waals surface area contributed by atoms with Gasteiger partial charge in [-0.15, -0.1) is 0 Å². The van der Waals surface area contributed by atoms with Gasteiger partial charge in [-0.25, -0.2) is 0 Å². The van der Waals surface area contributed by atoms with Crippen LogP contribution in [0.3, 0.4) is 0 Å². The molecular weight excluding hydrogens is 442 g/mol. The second-order valence-electron chi connectivity index (χ2n) is 11.1. The molecule has 2 heterocycles. The Morgan fingerprint density at radius 1 is 1.09 bits per heavy atom. The molecule has 2 unspecified atom stereocenters. The number of carbonyl (C=O) groups is 4. The van der Waals surface area contributed by atoms with Crippen LogP contribution in [0.4, 0.5) is 0 Å². The third-order valence-corrected chi connectivity index (χ3v) is 7.12. The summed E-state index contributed by atoms with van der Waals surface area (Å²) < 4.78 is 0. The second kappa shape index (κ2) is 11.9. The Kier molecular flexibility index (Phi) is 9.22. The Balaban J connectivity index is 1.63. The van der Waals surface area contributed by atoms with Crippen LogP contribution in [0.5, 0.6) is 0 Å². The molecule has 7 nitrogen and oxygen atoms in total. The van der Waals surface area contributed by atoms with Crippen molar-refractivity contribution in [2.75, 3.05) is 13.1 Å². The summed E-state index contributed by atoms with van der Waals surface area (Å²) >= 11 is 0. The Morgan fingerprint density at radius 3 is 2.43 bits per heavy atom. The molecule has 35 heavy (non-hydrogen) atoms. The molecule has 2 aliphatic heterocycles. The van der Waals surface area contributed by atoms with Gasteiger partial charge in [-0.1, -0.05) is 58.0 Å². The van der Waals surface area contributed by atoms with Crippen molar-refractivity contribution in [3.63, 3.8) is 0 Å². The van der Waals surface area contributed by atoms with Crippen LogP contribution in [0.2, 0.25) is 0 Å². The Bertz CT molecular complexity index is 906. The third kappa shape index (κ3) is 7.23. The summed E-state index contributed by atoms with van der Waals surface area (Å²) in [5.41, 5.74) is -0.0693. The molecule has 0 saturated carbocycles. The molecule has 0 spiro atoms. The normalized spacial score (nSPS) is 21.2. The fourth-order valence-corrected chi connectivity index (χ4v) is 5.11. The van der Waals surface area contributed by atoms with E-state index in [1.165, 1.54) is 0 Å². The number of nitrogens with zero attached hydrogens (tertiary/aromatic N) is 1. The van der Waals surface area contributed by atoms with Crippen LogP contribution in [-0.2, 0) is 25.6 Å². The largest absolute Gasteiger partial charge is 0.346 e. The predicted octanol–water partition coefficient (Wildman–Crippen LogP) is 3.06. The van der Waals surface area contributed by atoms with Crippen molar-refractivity contribution in [1.29, 1.82) is 0 Å². The highest BCUT2D eigenvalue weighted by atomic mass is 16.2. The number of Topliss-reactive ketones (excluding diaryl/α,β-unsaturated/α-hetero) is 2. The predicted molar refractivity (Wildman–Crippen MR) is 136 cm³/mol. The zero-order valence-electron chi connectivity index (χ0n) is 21.6. The highest BCUT2D eigenvalue weighted by Crippen LogP contribution is 2.28. The molecule has 3 atom stereocenters. The standard InChI is InChI=1S/C28H41N3O4/c1-19(2)16-22(24(32)17-20-10-6-5-7-11-20)30-27(35)28(3,4)18-25(33)23-13-9-15-31(23)26(34)21-12-8-14-29-21/h5-7,10-11,19,21-23,29H,8-9,12-18H2,1-4H3,(H,30,35)/t21-,22?,23?/m1/s1. The van der Waals surface area contributed by atoms with E-state index >= 15 is 0 Å². The van der Waals surface area contributed by atoms with Gasteiger partial charge in [-0.2, -0.15) is 0 Å². The topological polar surface area (TPSA) is 95.6 Å². The smallest absolute Gasteiger partial charge is 0.240 e. The number of nitrogens with one attached hydrogen (secondary N) is 2. The maximum absolute atomic E-state index is 13.3. The van der Waals surface area contributed by atoms with Gasteiger partial charge in [0.1, 0.15) is 0 Å².